The highest BCUT2D eigenvalue weighted by atomic mass is 79.9. The average Bonchev–Trinajstić information content (AvgIpc) is 2.84. The van der Waals surface area contributed by atoms with E-state index in [-0.39, 0.29) is 5.25 Å². The molecule has 96 valence electrons. The maximum atomic E-state index is 11.8. The average molecular weight is 330 g/mol. The van der Waals surface area contributed by atoms with Crippen LogP contribution in [-0.2, 0) is 16.4 Å². The number of sulfone groups is 1. The molecule has 1 aromatic carbocycles. The summed E-state index contributed by atoms with van der Waals surface area (Å²) in [7, 11) is -2.94. The number of halogens is 1. The number of nitrogens with zero attached hydrogens (tertiary/aromatic N) is 3. The number of hydrogen-bond acceptors (Lipinski definition) is 4. The summed E-state index contributed by atoms with van der Waals surface area (Å²) in [5.41, 5.74) is 1.65. The predicted octanol–water partition coefficient (Wildman–Crippen LogP) is 1.77. The fourth-order valence-corrected chi connectivity index (χ4v) is 4.47. The Kier molecular flexibility index (Phi) is 2.90. The molecule has 1 aliphatic rings. The van der Waals surface area contributed by atoms with Crippen molar-refractivity contribution in [1.29, 1.82) is 0 Å². The summed E-state index contributed by atoms with van der Waals surface area (Å²) in [4.78, 5) is 0. The van der Waals surface area contributed by atoms with Crippen LogP contribution < -0.4 is 0 Å². The Bertz CT molecular complexity index is 695. The second-order valence-corrected chi connectivity index (χ2v) is 7.85. The SMILES string of the molecule is O=S1(=O)CCCC1Cn1nnc2ccc(Br)cc21. The van der Waals surface area contributed by atoms with Crippen molar-refractivity contribution in [3.05, 3.63) is 22.7 Å². The van der Waals surface area contributed by atoms with Crippen molar-refractivity contribution in [2.45, 2.75) is 24.6 Å². The van der Waals surface area contributed by atoms with Gasteiger partial charge in [-0.05, 0) is 31.0 Å². The van der Waals surface area contributed by atoms with E-state index >= 15 is 0 Å². The minimum atomic E-state index is -2.94. The van der Waals surface area contributed by atoms with Crippen LogP contribution in [0.3, 0.4) is 0 Å². The lowest BCUT2D eigenvalue weighted by atomic mass is 10.2. The smallest absolute Gasteiger partial charge is 0.154 e. The summed E-state index contributed by atoms with van der Waals surface area (Å²) < 4.78 is 26.3. The van der Waals surface area contributed by atoms with Crippen molar-refractivity contribution in [2.24, 2.45) is 0 Å². The summed E-state index contributed by atoms with van der Waals surface area (Å²) in [6.07, 6.45) is 1.47. The molecule has 0 radical (unpaired) electrons. The van der Waals surface area contributed by atoms with Crippen LogP contribution in [-0.4, -0.2) is 34.4 Å². The number of fused-ring (bicyclic) bond motifs is 1. The molecule has 0 saturated carbocycles. The van der Waals surface area contributed by atoms with Gasteiger partial charge in [-0.15, -0.1) is 5.10 Å². The third kappa shape index (κ3) is 2.05. The summed E-state index contributed by atoms with van der Waals surface area (Å²) >= 11 is 3.40. The molecule has 3 rings (SSSR count). The van der Waals surface area contributed by atoms with Gasteiger partial charge in [0.2, 0.25) is 0 Å². The Labute approximate surface area is 113 Å². The van der Waals surface area contributed by atoms with Gasteiger partial charge in [-0.25, -0.2) is 13.1 Å². The summed E-state index contributed by atoms with van der Waals surface area (Å²) in [6.45, 7) is 0.398. The van der Waals surface area contributed by atoms with Crippen molar-refractivity contribution in [3.8, 4) is 0 Å². The van der Waals surface area contributed by atoms with E-state index in [2.05, 4.69) is 26.2 Å². The van der Waals surface area contributed by atoms with Gasteiger partial charge in [-0.1, -0.05) is 21.1 Å². The molecule has 0 amide bonds. The first-order valence-electron chi connectivity index (χ1n) is 5.76. The van der Waals surface area contributed by atoms with E-state index in [9.17, 15) is 8.42 Å². The van der Waals surface area contributed by atoms with E-state index in [4.69, 9.17) is 0 Å². The van der Waals surface area contributed by atoms with Gasteiger partial charge >= 0.3 is 0 Å². The van der Waals surface area contributed by atoms with Gasteiger partial charge in [0.25, 0.3) is 0 Å². The Morgan fingerprint density at radius 3 is 3.00 bits per heavy atom. The Hall–Kier alpha value is -0.950. The highest BCUT2D eigenvalue weighted by Gasteiger charge is 2.32. The molecule has 1 aromatic heterocycles. The highest BCUT2D eigenvalue weighted by molar-refractivity contribution is 9.10. The maximum Gasteiger partial charge on any atom is 0.154 e. The van der Waals surface area contributed by atoms with Crippen molar-refractivity contribution in [2.75, 3.05) is 5.75 Å². The zero-order chi connectivity index (χ0) is 12.8. The van der Waals surface area contributed by atoms with Crippen LogP contribution in [0.1, 0.15) is 12.8 Å². The van der Waals surface area contributed by atoms with Crippen LogP contribution >= 0.6 is 15.9 Å². The third-order valence-electron chi connectivity index (χ3n) is 3.32. The zero-order valence-corrected chi connectivity index (χ0v) is 12.0. The molecular weight excluding hydrogens is 318 g/mol. The van der Waals surface area contributed by atoms with E-state index < -0.39 is 9.84 Å². The monoisotopic (exact) mass is 329 g/mol. The molecule has 1 atom stereocenters. The van der Waals surface area contributed by atoms with Crippen LogP contribution in [0.4, 0.5) is 0 Å². The number of hydrogen-bond donors (Lipinski definition) is 0. The first-order valence-corrected chi connectivity index (χ1v) is 8.27. The molecule has 0 bridgehead atoms. The number of benzene rings is 1. The van der Waals surface area contributed by atoms with Crippen molar-refractivity contribution < 1.29 is 8.42 Å². The first-order chi connectivity index (χ1) is 8.56. The quantitative estimate of drug-likeness (QED) is 0.842. The van der Waals surface area contributed by atoms with Crippen LogP contribution in [0.25, 0.3) is 11.0 Å². The maximum absolute atomic E-state index is 11.8. The van der Waals surface area contributed by atoms with E-state index in [0.717, 1.165) is 28.3 Å². The first kappa shape index (κ1) is 12.1. The molecule has 0 N–H and O–H groups in total. The molecule has 0 spiro atoms. The van der Waals surface area contributed by atoms with Crippen molar-refractivity contribution in [3.63, 3.8) is 0 Å². The van der Waals surface area contributed by atoms with Crippen LogP contribution in [0, 0.1) is 0 Å². The van der Waals surface area contributed by atoms with Crippen LogP contribution in [0.5, 0.6) is 0 Å². The lowest BCUT2D eigenvalue weighted by molar-refractivity contribution is 0.540. The summed E-state index contributed by atoms with van der Waals surface area (Å²) in [5, 5.41) is 7.78. The molecule has 18 heavy (non-hydrogen) atoms. The topological polar surface area (TPSA) is 64.8 Å². The molecule has 2 heterocycles. The minimum absolute atomic E-state index is 0.300. The van der Waals surface area contributed by atoms with E-state index in [1.807, 2.05) is 18.2 Å². The lowest BCUT2D eigenvalue weighted by Gasteiger charge is -2.09. The van der Waals surface area contributed by atoms with Crippen LogP contribution in [0.15, 0.2) is 22.7 Å². The normalized spacial score (nSPS) is 22.6. The predicted molar refractivity (Wildman–Crippen MR) is 72.0 cm³/mol. The molecule has 1 unspecified atom stereocenters. The van der Waals surface area contributed by atoms with E-state index in [0.29, 0.717) is 12.3 Å². The molecule has 2 aromatic rings. The fraction of sp³-hybridized carbons (Fsp3) is 0.455. The Balaban J connectivity index is 1.98. The summed E-state index contributed by atoms with van der Waals surface area (Å²) in [5.74, 6) is 0.300. The van der Waals surface area contributed by atoms with Gasteiger partial charge in [-0.2, -0.15) is 0 Å². The highest BCUT2D eigenvalue weighted by Crippen LogP contribution is 2.23. The molecule has 1 fully saturated rings. The standard InChI is InChI=1S/C11H12BrN3O2S/c12-8-3-4-10-11(6-8)15(14-13-10)7-9-2-1-5-18(9,16)17/h3-4,6,9H,1-2,5,7H2. The largest absolute Gasteiger partial charge is 0.243 e. The Morgan fingerprint density at radius 1 is 1.44 bits per heavy atom. The van der Waals surface area contributed by atoms with Gasteiger partial charge in [0.05, 0.1) is 23.1 Å². The second kappa shape index (κ2) is 4.31. The summed E-state index contributed by atoms with van der Waals surface area (Å²) in [6, 6.07) is 5.68. The molecule has 7 heteroatoms. The Morgan fingerprint density at radius 2 is 2.28 bits per heavy atom. The fourth-order valence-electron chi connectivity index (χ4n) is 2.33. The minimum Gasteiger partial charge on any atom is -0.243 e. The van der Waals surface area contributed by atoms with Gasteiger partial charge in [0, 0.05) is 4.47 Å². The van der Waals surface area contributed by atoms with Crippen molar-refractivity contribution in [1.82, 2.24) is 15.0 Å². The van der Waals surface area contributed by atoms with Gasteiger partial charge < -0.3 is 0 Å². The van der Waals surface area contributed by atoms with Gasteiger partial charge in [0.15, 0.2) is 9.84 Å². The number of rotatable bonds is 2. The van der Waals surface area contributed by atoms with Gasteiger partial charge in [0.1, 0.15) is 5.52 Å². The van der Waals surface area contributed by atoms with E-state index in [1.165, 1.54) is 0 Å². The van der Waals surface area contributed by atoms with Gasteiger partial charge in [-0.3, -0.25) is 0 Å². The second-order valence-electron chi connectivity index (χ2n) is 4.54. The third-order valence-corrected chi connectivity index (χ3v) is 6.07. The molecule has 0 aliphatic carbocycles. The molecule has 5 nitrogen and oxygen atoms in total. The molecule has 1 aliphatic heterocycles. The van der Waals surface area contributed by atoms with Crippen molar-refractivity contribution >= 4 is 36.8 Å². The van der Waals surface area contributed by atoms with E-state index in [1.54, 1.807) is 4.68 Å². The number of aromatic nitrogens is 3. The lowest BCUT2D eigenvalue weighted by Crippen LogP contribution is -2.22. The molecule has 1 saturated heterocycles. The molecular formula is C11H12BrN3O2S. The van der Waals surface area contributed by atoms with Crippen LogP contribution in [0.2, 0.25) is 0 Å². The zero-order valence-electron chi connectivity index (χ0n) is 9.58.